The molecule has 0 radical (unpaired) electrons. The van der Waals surface area contributed by atoms with Crippen molar-refractivity contribution in [1.29, 1.82) is 0 Å². The first-order valence-corrected chi connectivity index (χ1v) is 10.5. The zero-order valence-electron chi connectivity index (χ0n) is 14.1. The molecule has 1 unspecified atom stereocenters. The monoisotopic (exact) mass is 402 g/mol. The van der Waals surface area contributed by atoms with Crippen molar-refractivity contribution in [3.63, 3.8) is 0 Å². The Bertz CT molecular complexity index is 787. The van der Waals surface area contributed by atoms with Gasteiger partial charge in [-0.25, -0.2) is 8.42 Å². The van der Waals surface area contributed by atoms with E-state index in [0.717, 1.165) is 6.26 Å². The lowest BCUT2D eigenvalue weighted by Gasteiger charge is -2.23. The lowest BCUT2D eigenvalue weighted by molar-refractivity contribution is -0.133. The molecule has 1 atom stereocenters. The molecular weight excluding hydrogens is 384 g/mol. The number of hydrogen-bond acceptors (Lipinski definition) is 7. The normalized spacial score (nSPS) is 17.3. The van der Waals surface area contributed by atoms with Crippen molar-refractivity contribution >= 4 is 38.8 Å². The van der Waals surface area contributed by atoms with E-state index in [-0.39, 0.29) is 30.0 Å². The molecule has 0 aromatic heterocycles. The van der Waals surface area contributed by atoms with Gasteiger partial charge in [0.25, 0.3) is 0 Å². The van der Waals surface area contributed by atoms with Crippen LogP contribution in [0.15, 0.2) is 24.3 Å². The zero-order valence-corrected chi connectivity index (χ0v) is 15.7. The van der Waals surface area contributed by atoms with E-state index < -0.39 is 45.3 Å². The minimum absolute atomic E-state index is 0.0738. The number of carbonyl (C=O) groups excluding carboxylic acids is 3. The largest absolute Gasteiger partial charge is 0.332 e. The number of halogens is 1. The maximum Gasteiger partial charge on any atom is 0.187 e. The van der Waals surface area contributed by atoms with Crippen molar-refractivity contribution in [2.45, 2.75) is 25.6 Å². The second-order valence-electron chi connectivity index (χ2n) is 5.99. The summed E-state index contributed by atoms with van der Waals surface area (Å²) in [6.45, 7) is 0. The van der Waals surface area contributed by atoms with Crippen molar-refractivity contribution < 1.29 is 32.3 Å². The van der Waals surface area contributed by atoms with Crippen LogP contribution in [0.4, 0.5) is 0 Å². The molecule has 2 rings (SSSR count). The molecule has 1 saturated carbocycles. The van der Waals surface area contributed by atoms with E-state index in [9.17, 15) is 22.8 Å². The second-order valence-corrected chi connectivity index (χ2v) is 8.29. The van der Waals surface area contributed by atoms with Crippen LogP contribution in [-0.4, -0.2) is 44.0 Å². The molecule has 7 nitrogen and oxygen atoms in total. The lowest BCUT2D eigenvalue weighted by Crippen LogP contribution is -2.36. The van der Waals surface area contributed by atoms with Gasteiger partial charge in [-0.2, -0.15) is 0 Å². The topological polar surface area (TPSA) is 104 Å². The maximum atomic E-state index is 12.8. The predicted molar refractivity (Wildman–Crippen MR) is 93.5 cm³/mol. The van der Waals surface area contributed by atoms with Crippen LogP contribution in [-0.2, 0) is 28.9 Å². The van der Waals surface area contributed by atoms with Gasteiger partial charge in [-0.1, -0.05) is 35.9 Å². The van der Waals surface area contributed by atoms with E-state index in [2.05, 4.69) is 0 Å². The van der Waals surface area contributed by atoms with Gasteiger partial charge in [-0.15, -0.1) is 0 Å². The molecule has 9 heteroatoms. The first-order valence-electron chi connectivity index (χ1n) is 7.90. The summed E-state index contributed by atoms with van der Waals surface area (Å²) < 4.78 is 33.2. The summed E-state index contributed by atoms with van der Waals surface area (Å²) in [6, 6.07) is 5.82. The van der Waals surface area contributed by atoms with Crippen molar-refractivity contribution in [2.75, 3.05) is 18.3 Å². The summed E-state index contributed by atoms with van der Waals surface area (Å²) in [5.74, 6) is -3.43. The Labute approximate surface area is 156 Å². The van der Waals surface area contributed by atoms with Gasteiger partial charge >= 0.3 is 0 Å². The summed E-state index contributed by atoms with van der Waals surface area (Å²) in [6.07, 6.45) is 0.559. The fraction of sp³-hybridized carbons (Fsp3) is 0.471. The molecule has 0 bridgehead atoms. The second kappa shape index (κ2) is 8.85. The van der Waals surface area contributed by atoms with Crippen LogP contribution < -0.4 is 0 Å². The first-order chi connectivity index (χ1) is 12.2. The van der Waals surface area contributed by atoms with E-state index in [0.29, 0.717) is 6.42 Å². The van der Waals surface area contributed by atoms with Gasteiger partial charge in [0, 0.05) is 30.2 Å². The number of rotatable bonds is 8. The van der Waals surface area contributed by atoms with Crippen molar-refractivity contribution in [3.8, 4) is 0 Å². The molecule has 142 valence electrons. The Morgan fingerprint density at radius 1 is 1.19 bits per heavy atom. The molecule has 26 heavy (non-hydrogen) atoms. The van der Waals surface area contributed by atoms with Crippen LogP contribution in [0.5, 0.6) is 0 Å². The molecule has 1 aliphatic rings. The van der Waals surface area contributed by atoms with Crippen LogP contribution in [0.3, 0.4) is 0 Å². The van der Waals surface area contributed by atoms with Gasteiger partial charge in [0.05, 0.1) is 0 Å². The Morgan fingerprint density at radius 3 is 2.38 bits per heavy atom. The molecule has 0 heterocycles. The molecular formula is C17H19ClO7S. The number of alkyl halides is 1. The van der Waals surface area contributed by atoms with E-state index in [1.165, 1.54) is 12.1 Å². The van der Waals surface area contributed by atoms with Crippen LogP contribution in [0, 0.1) is 5.92 Å². The first kappa shape index (κ1) is 20.7. The molecule has 0 saturated heterocycles. The highest BCUT2D eigenvalue weighted by Gasteiger charge is 2.38. The number of carbonyl (C=O) groups is 3. The molecule has 0 amide bonds. The van der Waals surface area contributed by atoms with E-state index in [1.807, 2.05) is 0 Å². The average Bonchev–Trinajstić information content (AvgIpc) is 2.57. The summed E-state index contributed by atoms with van der Waals surface area (Å²) in [5, 5.41) is 0. The number of Topliss-reactive ketones (excluding diaryl/α,β-unsaturated/α-hetero) is 3. The molecule has 0 aliphatic heterocycles. The minimum Gasteiger partial charge on any atom is -0.332 e. The number of sulfone groups is 1. The fourth-order valence-corrected chi connectivity index (χ4v) is 3.24. The highest BCUT2D eigenvalue weighted by atomic mass is 35.5. The highest BCUT2D eigenvalue weighted by molar-refractivity contribution is 7.90. The number of ketones is 3. The van der Waals surface area contributed by atoms with E-state index in [1.54, 1.807) is 12.1 Å². The zero-order chi connectivity index (χ0) is 19.3. The summed E-state index contributed by atoms with van der Waals surface area (Å²) >= 11 is 5.58. The van der Waals surface area contributed by atoms with Crippen LogP contribution >= 0.6 is 11.6 Å². The van der Waals surface area contributed by atoms with E-state index in [4.69, 9.17) is 21.1 Å². The summed E-state index contributed by atoms with van der Waals surface area (Å²) in [5.41, 5.74) is 0.290. The smallest absolute Gasteiger partial charge is 0.187 e. The van der Waals surface area contributed by atoms with Crippen molar-refractivity contribution in [2.24, 2.45) is 5.92 Å². The highest BCUT2D eigenvalue weighted by Crippen LogP contribution is 2.28. The van der Waals surface area contributed by atoms with Crippen LogP contribution in [0.25, 0.3) is 0 Å². The average molecular weight is 403 g/mol. The Balaban J connectivity index is 2.36. The molecule has 0 spiro atoms. The Morgan fingerprint density at radius 2 is 1.81 bits per heavy atom. The number of hydrogen-bond donors (Lipinski definition) is 0. The third-order valence-electron chi connectivity index (χ3n) is 3.88. The summed E-state index contributed by atoms with van der Waals surface area (Å²) in [4.78, 5) is 37.0. The van der Waals surface area contributed by atoms with Gasteiger partial charge in [-0.05, 0) is 6.42 Å². The van der Waals surface area contributed by atoms with Gasteiger partial charge in [0.1, 0.15) is 12.0 Å². The third kappa shape index (κ3) is 5.20. The molecule has 0 N–H and O–H groups in total. The van der Waals surface area contributed by atoms with Gasteiger partial charge < -0.3 is 9.47 Å². The van der Waals surface area contributed by atoms with Gasteiger partial charge in [0.2, 0.25) is 0 Å². The predicted octanol–water partition coefficient (Wildman–Crippen LogP) is 2.04. The fourth-order valence-electron chi connectivity index (χ4n) is 2.75. The standard InChI is InChI=1S/C17H19ClO7S/c1-26(22,23)10-25-17(24-9-18)12-6-3-2-5-11(12)16(21)15-13(19)7-4-8-14(15)20/h2-3,5-6,15,17H,4,7-10H2,1H3. The lowest BCUT2D eigenvalue weighted by atomic mass is 9.80. The molecule has 1 fully saturated rings. The van der Waals surface area contributed by atoms with Crippen LogP contribution in [0.1, 0.15) is 41.5 Å². The quantitative estimate of drug-likeness (QED) is 0.283. The SMILES string of the molecule is CS(=O)(=O)COC(OCCl)c1ccccc1C(=O)C1C(=O)CCCC1=O. The maximum absolute atomic E-state index is 12.8. The Hall–Kier alpha value is -1.61. The van der Waals surface area contributed by atoms with Crippen molar-refractivity contribution in [3.05, 3.63) is 35.4 Å². The van der Waals surface area contributed by atoms with Gasteiger partial charge in [0.15, 0.2) is 39.4 Å². The molecule has 1 aromatic carbocycles. The molecule has 1 aromatic rings. The van der Waals surface area contributed by atoms with Crippen LogP contribution in [0.2, 0.25) is 0 Å². The summed E-state index contributed by atoms with van der Waals surface area (Å²) in [7, 11) is -3.46. The number of benzene rings is 1. The van der Waals surface area contributed by atoms with Crippen molar-refractivity contribution in [1.82, 2.24) is 0 Å². The number of ether oxygens (including phenoxy) is 2. The third-order valence-corrected chi connectivity index (χ3v) is 4.57. The van der Waals surface area contributed by atoms with E-state index >= 15 is 0 Å². The molecule has 1 aliphatic carbocycles. The van der Waals surface area contributed by atoms with Gasteiger partial charge in [-0.3, -0.25) is 14.4 Å². The minimum atomic E-state index is -3.46. The Kier molecular flexibility index (Phi) is 7.05.